The van der Waals surface area contributed by atoms with E-state index >= 15 is 4.39 Å². The molecule has 1 fully saturated rings. The molecule has 0 spiro atoms. The minimum atomic E-state index is -0.679. The Bertz CT molecular complexity index is 1880. The summed E-state index contributed by atoms with van der Waals surface area (Å²) in [5, 5.41) is 3.21. The maximum atomic E-state index is 15.3. The van der Waals surface area contributed by atoms with Crippen molar-refractivity contribution in [3.8, 4) is 16.8 Å². The minimum Gasteiger partial charge on any atom is -0.444 e. The number of hydrogen-bond donors (Lipinski definition) is 2. The Morgan fingerprint density at radius 2 is 1.80 bits per heavy atom. The van der Waals surface area contributed by atoms with Crippen LogP contribution < -0.4 is 11.1 Å². The first-order chi connectivity index (χ1) is 19.5. The van der Waals surface area contributed by atoms with Crippen LogP contribution in [0.25, 0.3) is 38.8 Å². The molecule has 6 rings (SSSR count). The van der Waals surface area contributed by atoms with Gasteiger partial charge in [0.2, 0.25) is 0 Å². The number of rotatable bonds is 5. The third-order valence-corrected chi connectivity index (χ3v) is 7.03. The molecule has 3 heterocycles. The van der Waals surface area contributed by atoms with Crippen LogP contribution in [0.15, 0.2) is 54.9 Å². The molecule has 11 heteroatoms. The number of carbonyl (C=O) groups excluding carboxylic acids is 2. The number of nitrogens with two attached hydrogens (primary N) is 1. The quantitative estimate of drug-likeness (QED) is 0.240. The van der Waals surface area contributed by atoms with Gasteiger partial charge in [-0.05, 0) is 87.2 Å². The summed E-state index contributed by atoms with van der Waals surface area (Å²) in [7, 11) is 0. The van der Waals surface area contributed by atoms with Gasteiger partial charge in [-0.15, -0.1) is 0 Å². The van der Waals surface area contributed by atoms with Gasteiger partial charge >= 0.3 is 6.09 Å². The number of carbonyl (C=O) groups is 2. The number of benzene rings is 2. The van der Waals surface area contributed by atoms with Gasteiger partial charge < -0.3 is 10.5 Å². The van der Waals surface area contributed by atoms with E-state index < -0.39 is 23.4 Å². The van der Waals surface area contributed by atoms with Gasteiger partial charge in [0.25, 0.3) is 5.91 Å². The van der Waals surface area contributed by atoms with E-state index in [1.54, 1.807) is 51.2 Å². The third-order valence-electron chi connectivity index (χ3n) is 6.73. The predicted octanol–water partition coefficient (Wildman–Crippen LogP) is 6.75. The van der Waals surface area contributed by atoms with Crippen molar-refractivity contribution in [2.75, 3.05) is 5.32 Å². The molecule has 0 radical (unpaired) electrons. The number of pyridine rings is 2. The molecular formula is C30H26ClFN6O3. The van der Waals surface area contributed by atoms with E-state index in [4.69, 9.17) is 27.1 Å². The highest BCUT2D eigenvalue weighted by molar-refractivity contribution is 6.35. The van der Waals surface area contributed by atoms with Crippen LogP contribution in [-0.2, 0) is 4.74 Å². The minimum absolute atomic E-state index is 0.141. The van der Waals surface area contributed by atoms with Gasteiger partial charge in [0, 0.05) is 18.3 Å². The van der Waals surface area contributed by atoms with Crippen LogP contribution in [0, 0.1) is 5.82 Å². The monoisotopic (exact) mass is 572 g/mol. The van der Waals surface area contributed by atoms with E-state index in [-0.39, 0.29) is 22.7 Å². The Kier molecular flexibility index (Phi) is 6.37. The summed E-state index contributed by atoms with van der Waals surface area (Å²) in [4.78, 5) is 38.4. The van der Waals surface area contributed by atoms with Gasteiger partial charge in [-0.3, -0.25) is 19.7 Å². The molecule has 2 aromatic carbocycles. The number of aromatic nitrogens is 4. The van der Waals surface area contributed by atoms with Crippen LogP contribution in [0.1, 0.15) is 55.7 Å². The number of halogens is 2. The molecule has 2 amide bonds. The number of anilines is 1. The molecule has 0 bridgehead atoms. The summed E-state index contributed by atoms with van der Waals surface area (Å²) in [6, 6.07) is 11.4. The molecule has 0 aliphatic heterocycles. The van der Waals surface area contributed by atoms with Crippen molar-refractivity contribution in [1.29, 1.82) is 0 Å². The number of nitrogens with one attached hydrogen (secondary N) is 1. The summed E-state index contributed by atoms with van der Waals surface area (Å²) in [6.45, 7) is 5.30. The average molecular weight is 573 g/mol. The average Bonchev–Trinajstić information content (AvgIpc) is 3.69. The molecular weight excluding hydrogens is 547 g/mol. The molecule has 9 nitrogen and oxygen atoms in total. The first-order valence-electron chi connectivity index (χ1n) is 13.1. The lowest BCUT2D eigenvalue weighted by atomic mass is 10.0. The summed E-state index contributed by atoms with van der Waals surface area (Å²) in [6.07, 6.45) is 4.29. The van der Waals surface area contributed by atoms with Crippen LogP contribution >= 0.6 is 11.6 Å². The fourth-order valence-electron chi connectivity index (χ4n) is 4.87. The Hall–Kier alpha value is -4.57. The van der Waals surface area contributed by atoms with Crippen LogP contribution in [0.5, 0.6) is 0 Å². The number of primary amides is 1. The summed E-state index contributed by atoms with van der Waals surface area (Å²) in [5.74, 6) is -0.0224. The number of imidazole rings is 1. The highest BCUT2D eigenvalue weighted by atomic mass is 35.5. The Morgan fingerprint density at radius 1 is 1.05 bits per heavy atom. The van der Waals surface area contributed by atoms with Crippen LogP contribution in [0.3, 0.4) is 0 Å². The second-order valence-corrected chi connectivity index (χ2v) is 11.4. The first-order valence-corrected chi connectivity index (χ1v) is 13.4. The van der Waals surface area contributed by atoms with Crippen molar-refractivity contribution < 1.29 is 18.7 Å². The van der Waals surface area contributed by atoms with Crippen LogP contribution in [-0.4, -0.2) is 37.1 Å². The van der Waals surface area contributed by atoms with Crippen molar-refractivity contribution in [1.82, 2.24) is 19.5 Å². The second kappa shape index (κ2) is 9.81. The van der Waals surface area contributed by atoms with Gasteiger partial charge in [0.15, 0.2) is 0 Å². The van der Waals surface area contributed by atoms with Gasteiger partial charge in [-0.25, -0.2) is 19.2 Å². The van der Waals surface area contributed by atoms with Crippen LogP contribution in [0.4, 0.5) is 15.0 Å². The van der Waals surface area contributed by atoms with E-state index in [0.717, 1.165) is 12.8 Å². The number of ether oxygens (including phenoxy) is 1. The number of amides is 2. The normalized spacial score (nSPS) is 13.5. The van der Waals surface area contributed by atoms with Crippen LogP contribution in [0.2, 0.25) is 5.02 Å². The van der Waals surface area contributed by atoms with Gasteiger partial charge in [0.05, 0.1) is 32.7 Å². The maximum Gasteiger partial charge on any atom is 0.413 e. The number of nitrogens with zero attached hydrogens (tertiary/aromatic N) is 4. The molecule has 0 unspecified atom stereocenters. The lowest BCUT2D eigenvalue weighted by Crippen LogP contribution is -2.27. The van der Waals surface area contributed by atoms with E-state index in [2.05, 4.69) is 15.3 Å². The zero-order chi connectivity index (χ0) is 29.1. The Labute approximate surface area is 239 Å². The fraction of sp³-hybridized carbons (Fsp3) is 0.233. The van der Waals surface area contributed by atoms with Gasteiger partial charge in [-0.1, -0.05) is 11.6 Å². The van der Waals surface area contributed by atoms with E-state index in [1.807, 2.05) is 10.6 Å². The topological polar surface area (TPSA) is 125 Å². The first kappa shape index (κ1) is 26.6. The number of hydrogen-bond acceptors (Lipinski definition) is 6. The Balaban J connectivity index is 1.56. The van der Waals surface area contributed by atoms with Crippen molar-refractivity contribution in [3.63, 3.8) is 0 Å². The molecule has 5 aromatic rings. The number of fused-ring (bicyclic) bond motifs is 2. The molecule has 0 saturated heterocycles. The van der Waals surface area contributed by atoms with Gasteiger partial charge in [0.1, 0.15) is 28.6 Å². The summed E-state index contributed by atoms with van der Waals surface area (Å²) >= 11 is 6.39. The standard InChI is InChI=1S/C30H26ClFN6O3/c1-30(2,3)41-29(40)36-23-14-16(8-10-34-23)17-12-18(27(33)39)25-22(13-17)38(28(37-25)15-4-5-15)21-9-11-35-26-19(31)6-7-20(32)24(21)26/h6-15H,4-5H2,1-3H3,(H2,33,39)(H,34,36,40). The van der Waals surface area contributed by atoms with Crippen molar-refractivity contribution in [2.24, 2.45) is 5.73 Å². The summed E-state index contributed by atoms with van der Waals surface area (Å²) in [5.41, 5.74) is 8.48. The van der Waals surface area contributed by atoms with Crippen molar-refractivity contribution in [2.45, 2.75) is 45.1 Å². The van der Waals surface area contributed by atoms with Crippen molar-refractivity contribution in [3.05, 3.63) is 77.1 Å². The van der Waals surface area contributed by atoms with Gasteiger partial charge in [-0.2, -0.15) is 0 Å². The van der Waals surface area contributed by atoms with E-state index in [9.17, 15) is 9.59 Å². The molecule has 3 N–H and O–H groups in total. The third kappa shape index (κ3) is 5.06. The highest BCUT2D eigenvalue weighted by Crippen LogP contribution is 2.44. The zero-order valence-corrected chi connectivity index (χ0v) is 23.3. The molecule has 0 atom stereocenters. The highest BCUT2D eigenvalue weighted by Gasteiger charge is 2.32. The van der Waals surface area contributed by atoms with Crippen molar-refractivity contribution >= 4 is 51.4 Å². The molecule has 208 valence electrons. The molecule has 41 heavy (non-hydrogen) atoms. The van der Waals surface area contributed by atoms with E-state index in [1.165, 1.54) is 18.3 Å². The smallest absolute Gasteiger partial charge is 0.413 e. The molecule has 1 saturated carbocycles. The lowest BCUT2D eigenvalue weighted by molar-refractivity contribution is 0.0635. The molecule has 3 aromatic heterocycles. The van der Waals surface area contributed by atoms with E-state index in [0.29, 0.717) is 44.2 Å². The second-order valence-electron chi connectivity index (χ2n) is 11.0. The maximum absolute atomic E-state index is 15.3. The lowest BCUT2D eigenvalue weighted by Gasteiger charge is -2.19. The fourth-order valence-corrected chi connectivity index (χ4v) is 5.07. The largest absolute Gasteiger partial charge is 0.444 e. The molecule has 1 aliphatic rings. The predicted molar refractivity (Wildman–Crippen MR) is 155 cm³/mol. The Morgan fingerprint density at radius 3 is 2.51 bits per heavy atom. The summed E-state index contributed by atoms with van der Waals surface area (Å²) < 4.78 is 22.5. The SMILES string of the molecule is CC(C)(C)OC(=O)Nc1cc(-c2cc(C(N)=O)c3nc(C4CC4)n(-c4ccnc5c(Cl)ccc(F)c45)c3c2)ccn1. The molecule has 1 aliphatic carbocycles. The zero-order valence-electron chi connectivity index (χ0n) is 22.5.